The lowest BCUT2D eigenvalue weighted by Gasteiger charge is -2.13. The summed E-state index contributed by atoms with van der Waals surface area (Å²) in [4.78, 5) is 20.2. The van der Waals surface area contributed by atoms with Crippen LogP contribution in [0.2, 0.25) is 0 Å². The summed E-state index contributed by atoms with van der Waals surface area (Å²) in [5.41, 5.74) is 3.05. The van der Waals surface area contributed by atoms with Crippen molar-refractivity contribution in [1.29, 1.82) is 0 Å². The minimum atomic E-state index is -0.395. The topological polar surface area (TPSA) is 55.0 Å². The molecule has 1 atom stereocenters. The van der Waals surface area contributed by atoms with Crippen LogP contribution in [-0.2, 0) is 4.79 Å². The Kier molecular flexibility index (Phi) is 4.47. The van der Waals surface area contributed by atoms with Gasteiger partial charge in [-0.2, -0.15) is 0 Å². The third kappa shape index (κ3) is 3.08. The largest absolute Gasteiger partial charge is 0.422 e. The highest BCUT2D eigenvalue weighted by Crippen LogP contribution is 2.30. The molecule has 0 aliphatic carbocycles. The van der Waals surface area contributed by atoms with Crippen molar-refractivity contribution < 1.29 is 9.53 Å². The zero-order valence-corrected chi connectivity index (χ0v) is 13.9. The van der Waals surface area contributed by atoms with Crippen LogP contribution in [0.4, 0.5) is 0 Å². The van der Waals surface area contributed by atoms with Crippen LogP contribution in [-0.4, -0.2) is 15.9 Å². The second kappa shape index (κ2) is 6.71. The molecule has 24 heavy (non-hydrogen) atoms. The molecule has 4 heteroatoms. The second-order valence-electron chi connectivity index (χ2n) is 5.82. The summed E-state index contributed by atoms with van der Waals surface area (Å²) >= 11 is 0. The maximum atomic E-state index is 12.3. The summed E-state index contributed by atoms with van der Waals surface area (Å²) in [7, 11) is 0. The van der Waals surface area contributed by atoms with E-state index in [1.54, 1.807) is 6.07 Å². The number of imidazole rings is 1. The number of aromatic nitrogens is 2. The van der Waals surface area contributed by atoms with Crippen LogP contribution in [0.1, 0.15) is 20.3 Å². The first-order valence-corrected chi connectivity index (χ1v) is 8.05. The predicted molar refractivity (Wildman–Crippen MR) is 95.8 cm³/mol. The number of carbonyl (C=O) groups is 1. The Labute approximate surface area is 141 Å². The van der Waals surface area contributed by atoms with Crippen molar-refractivity contribution in [3.05, 3.63) is 60.7 Å². The number of hydrogen-bond donors (Lipinski definition) is 1. The molecule has 0 saturated carbocycles. The fraction of sp³-hybridized carbons (Fsp3) is 0.200. The quantitative estimate of drug-likeness (QED) is 0.420. The molecule has 0 amide bonds. The van der Waals surface area contributed by atoms with Crippen molar-refractivity contribution in [2.75, 3.05) is 0 Å². The number of esters is 1. The smallest absolute Gasteiger partial charge is 0.339 e. The number of rotatable bonds is 5. The van der Waals surface area contributed by atoms with Crippen LogP contribution in [0.25, 0.3) is 22.4 Å². The highest BCUT2D eigenvalue weighted by Gasteiger charge is 2.18. The SMILES string of the molecule is C=C(C(=O)Oc1ccccc1-c1nc2ccccc2[nH]1)[C@@H](C)CC. The normalized spacial score (nSPS) is 12.1. The Bertz CT molecular complexity index is 862. The Morgan fingerprint density at radius 3 is 2.67 bits per heavy atom. The van der Waals surface area contributed by atoms with Crippen molar-refractivity contribution in [2.24, 2.45) is 5.92 Å². The molecule has 0 radical (unpaired) electrons. The summed E-state index contributed by atoms with van der Waals surface area (Å²) in [5, 5.41) is 0. The molecular weight excluding hydrogens is 300 g/mol. The molecule has 0 aliphatic heterocycles. The van der Waals surface area contributed by atoms with Gasteiger partial charge in [0.2, 0.25) is 0 Å². The lowest BCUT2D eigenvalue weighted by molar-refractivity contribution is -0.130. The molecule has 0 spiro atoms. The zero-order valence-electron chi connectivity index (χ0n) is 13.9. The number of benzene rings is 2. The number of nitrogens with zero attached hydrogens (tertiary/aromatic N) is 1. The molecule has 122 valence electrons. The molecule has 1 N–H and O–H groups in total. The summed E-state index contributed by atoms with van der Waals surface area (Å²) in [6.45, 7) is 7.85. The van der Waals surface area contributed by atoms with Gasteiger partial charge in [0.05, 0.1) is 16.6 Å². The van der Waals surface area contributed by atoms with Gasteiger partial charge in [0.25, 0.3) is 0 Å². The van der Waals surface area contributed by atoms with E-state index in [1.807, 2.05) is 56.3 Å². The molecule has 3 rings (SSSR count). The van der Waals surface area contributed by atoms with Gasteiger partial charge in [0.1, 0.15) is 11.6 Å². The number of hydrogen-bond acceptors (Lipinski definition) is 3. The van der Waals surface area contributed by atoms with Gasteiger partial charge in [0, 0.05) is 5.57 Å². The molecule has 0 aliphatic rings. The van der Waals surface area contributed by atoms with Gasteiger partial charge in [-0.05, 0) is 36.6 Å². The van der Waals surface area contributed by atoms with E-state index >= 15 is 0 Å². The molecule has 4 nitrogen and oxygen atoms in total. The number of fused-ring (bicyclic) bond motifs is 1. The third-order valence-corrected chi connectivity index (χ3v) is 4.20. The number of ether oxygens (including phenoxy) is 1. The van der Waals surface area contributed by atoms with E-state index < -0.39 is 5.97 Å². The summed E-state index contributed by atoms with van der Waals surface area (Å²) < 4.78 is 5.58. The van der Waals surface area contributed by atoms with Crippen LogP contribution in [0, 0.1) is 5.92 Å². The van der Waals surface area contributed by atoms with E-state index in [1.165, 1.54) is 0 Å². The zero-order chi connectivity index (χ0) is 17.1. The molecular formula is C20H20N2O2. The fourth-order valence-corrected chi connectivity index (χ4v) is 2.44. The van der Waals surface area contributed by atoms with Gasteiger partial charge in [-0.1, -0.05) is 44.7 Å². The first-order chi connectivity index (χ1) is 11.6. The molecule has 1 heterocycles. The van der Waals surface area contributed by atoms with Crippen molar-refractivity contribution in [2.45, 2.75) is 20.3 Å². The van der Waals surface area contributed by atoms with Crippen molar-refractivity contribution in [3.8, 4) is 17.1 Å². The van der Waals surface area contributed by atoms with Crippen molar-refractivity contribution in [3.63, 3.8) is 0 Å². The fourth-order valence-electron chi connectivity index (χ4n) is 2.44. The maximum Gasteiger partial charge on any atom is 0.339 e. The van der Waals surface area contributed by atoms with E-state index in [9.17, 15) is 4.79 Å². The van der Waals surface area contributed by atoms with Crippen molar-refractivity contribution in [1.82, 2.24) is 9.97 Å². The number of para-hydroxylation sites is 3. The highest BCUT2D eigenvalue weighted by atomic mass is 16.5. The average molecular weight is 320 g/mol. The van der Waals surface area contributed by atoms with Crippen LogP contribution in [0.15, 0.2) is 60.7 Å². The number of carbonyl (C=O) groups excluding carboxylic acids is 1. The number of H-pyrrole nitrogens is 1. The molecule has 2 aromatic carbocycles. The van der Waals surface area contributed by atoms with E-state index in [0.29, 0.717) is 17.1 Å². The van der Waals surface area contributed by atoms with E-state index in [-0.39, 0.29) is 5.92 Å². The van der Waals surface area contributed by atoms with E-state index in [0.717, 1.165) is 23.0 Å². The first kappa shape index (κ1) is 16.0. The first-order valence-electron chi connectivity index (χ1n) is 8.05. The summed E-state index contributed by atoms with van der Waals surface area (Å²) in [6, 6.07) is 15.2. The molecule has 1 aromatic heterocycles. The molecule has 0 unspecified atom stereocenters. The molecule has 0 bridgehead atoms. The second-order valence-corrected chi connectivity index (χ2v) is 5.82. The van der Waals surface area contributed by atoms with Gasteiger partial charge in [-0.3, -0.25) is 0 Å². The van der Waals surface area contributed by atoms with E-state index in [2.05, 4.69) is 16.5 Å². The van der Waals surface area contributed by atoms with Crippen LogP contribution < -0.4 is 4.74 Å². The van der Waals surface area contributed by atoms with Crippen LogP contribution >= 0.6 is 0 Å². The monoisotopic (exact) mass is 320 g/mol. The standard InChI is InChI=1S/C20H20N2O2/c1-4-13(2)14(3)20(23)24-18-12-8-5-9-15(18)19-21-16-10-6-7-11-17(16)22-19/h5-13H,3-4H2,1-2H3,(H,21,22)/t13-/m0/s1. The minimum absolute atomic E-state index is 0.0934. The Morgan fingerprint density at radius 1 is 1.21 bits per heavy atom. The maximum absolute atomic E-state index is 12.3. The molecule has 0 saturated heterocycles. The summed E-state index contributed by atoms with van der Waals surface area (Å²) in [5.74, 6) is 0.850. The van der Waals surface area contributed by atoms with Crippen LogP contribution in [0.3, 0.4) is 0 Å². The lowest BCUT2D eigenvalue weighted by Crippen LogP contribution is -2.15. The lowest BCUT2D eigenvalue weighted by atomic mass is 10.0. The van der Waals surface area contributed by atoms with Gasteiger partial charge in [-0.25, -0.2) is 9.78 Å². The Morgan fingerprint density at radius 2 is 1.92 bits per heavy atom. The van der Waals surface area contributed by atoms with Crippen LogP contribution in [0.5, 0.6) is 5.75 Å². The van der Waals surface area contributed by atoms with E-state index in [4.69, 9.17) is 4.74 Å². The third-order valence-electron chi connectivity index (χ3n) is 4.20. The van der Waals surface area contributed by atoms with Gasteiger partial charge >= 0.3 is 5.97 Å². The number of aromatic amines is 1. The predicted octanol–water partition coefficient (Wildman–Crippen LogP) is 4.74. The summed E-state index contributed by atoms with van der Waals surface area (Å²) in [6.07, 6.45) is 0.846. The van der Waals surface area contributed by atoms with Gasteiger partial charge in [-0.15, -0.1) is 0 Å². The Balaban J connectivity index is 1.93. The highest BCUT2D eigenvalue weighted by molar-refractivity contribution is 5.91. The van der Waals surface area contributed by atoms with Crippen molar-refractivity contribution >= 4 is 17.0 Å². The molecule has 3 aromatic rings. The minimum Gasteiger partial charge on any atom is -0.422 e. The van der Waals surface area contributed by atoms with Gasteiger partial charge in [0.15, 0.2) is 0 Å². The molecule has 0 fully saturated rings. The average Bonchev–Trinajstić information content (AvgIpc) is 3.04. The Hall–Kier alpha value is -2.88. The van der Waals surface area contributed by atoms with Gasteiger partial charge < -0.3 is 9.72 Å². The number of nitrogens with one attached hydrogen (secondary N) is 1.